The lowest BCUT2D eigenvalue weighted by Gasteiger charge is -2.29. The summed E-state index contributed by atoms with van der Waals surface area (Å²) >= 11 is 1.39. The number of aromatic nitrogens is 3. The molecule has 0 spiro atoms. The molecule has 3 aromatic rings. The van der Waals surface area contributed by atoms with E-state index < -0.39 is 0 Å². The van der Waals surface area contributed by atoms with Crippen molar-refractivity contribution in [3.05, 3.63) is 42.1 Å². The van der Waals surface area contributed by atoms with Crippen LogP contribution in [-0.4, -0.2) is 39.8 Å². The van der Waals surface area contributed by atoms with Gasteiger partial charge in [-0.25, -0.2) is 9.97 Å². The number of amides is 1. The van der Waals surface area contributed by atoms with E-state index in [1.54, 1.807) is 11.1 Å². The van der Waals surface area contributed by atoms with E-state index in [4.69, 9.17) is 4.74 Å². The molecule has 0 aliphatic carbocycles. The highest BCUT2D eigenvalue weighted by molar-refractivity contribution is 7.99. The molecule has 7 heteroatoms. The largest absolute Gasteiger partial charge is 0.490 e. The summed E-state index contributed by atoms with van der Waals surface area (Å²) in [6, 6.07) is 9.67. The zero-order valence-corrected chi connectivity index (χ0v) is 14.0. The van der Waals surface area contributed by atoms with Crippen LogP contribution in [0.3, 0.4) is 0 Å². The van der Waals surface area contributed by atoms with Gasteiger partial charge in [0, 0.05) is 6.20 Å². The number of anilines is 1. The van der Waals surface area contributed by atoms with Crippen molar-refractivity contribution >= 4 is 34.5 Å². The molecular weight excluding hydrogens is 324 g/mol. The van der Waals surface area contributed by atoms with E-state index in [0.717, 1.165) is 22.5 Å². The summed E-state index contributed by atoms with van der Waals surface area (Å²) in [4.78, 5) is 26.2. The van der Waals surface area contributed by atoms with Gasteiger partial charge in [0.1, 0.15) is 12.4 Å². The van der Waals surface area contributed by atoms with Crippen LogP contribution in [0.2, 0.25) is 0 Å². The van der Waals surface area contributed by atoms with Gasteiger partial charge in [-0.05, 0) is 36.8 Å². The second-order valence-corrected chi connectivity index (χ2v) is 6.53. The van der Waals surface area contributed by atoms with Crippen LogP contribution >= 0.6 is 11.8 Å². The highest BCUT2D eigenvalue weighted by atomic mass is 32.2. The molecule has 0 radical (unpaired) electrons. The Hall–Kier alpha value is -2.54. The Morgan fingerprint density at radius 2 is 2.33 bits per heavy atom. The number of carbonyl (C=O) groups excluding carboxylic acids is 1. The van der Waals surface area contributed by atoms with Crippen LogP contribution in [-0.2, 0) is 4.79 Å². The van der Waals surface area contributed by atoms with Crippen LogP contribution in [0.4, 0.5) is 5.69 Å². The van der Waals surface area contributed by atoms with Gasteiger partial charge >= 0.3 is 0 Å². The van der Waals surface area contributed by atoms with Crippen molar-refractivity contribution in [2.24, 2.45) is 0 Å². The zero-order chi connectivity index (χ0) is 16.5. The minimum absolute atomic E-state index is 0.0450. The number of nitrogens with one attached hydrogen (secondary N) is 1. The molecule has 1 amide bonds. The first-order valence-electron chi connectivity index (χ1n) is 7.68. The molecule has 3 heterocycles. The fourth-order valence-electron chi connectivity index (χ4n) is 2.69. The molecule has 122 valence electrons. The number of aryl methyl sites for hydroxylation is 1. The van der Waals surface area contributed by atoms with E-state index in [2.05, 4.69) is 15.0 Å². The van der Waals surface area contributed by atoms with Gasteiger partial charge < -0.3 is 14.6 Å². The second-order valence-electron chi connectivity index (χ2n) is 5.57. The molecule has 0 bridgehead atoms. The molecule has 4 rings (SSSR count). The van der Waals surface area contributed by atoms with Crippen molar-refractivity contribution in [2.45, 2.75) is 12.1 Å². The number of thioether (sulfide) groups is 1. The van der Waals surface area contributed by atoms with Crippen molar-refractivity contribution < 1.29 is 9.53 Å². The number of rotatable bonds is 3. The van der Waals surface area contributed by atoms with Crippen molar-refractivity contribution in [3.63, 3.8) is 0 Å². The number of imidazole rings is 1. The average molecular weight is 340 g/mol. The third-order valence-electron chi connectivity index (χ3n) is 3.85. The summed E-state index contributed by atoms with van der Waals surface area (Å²) in [5, 5.41) is 0.703. The molecule has 1 N–H and O–H groups in total. The van der Waals surface area contributed by atoms with E-state index in [0.29, 0.717) is 29.7 Å². The third-order valence-corrected chi connectivity index (χ3v) is 4.70. The van der Waals surface area contributed by atoms with Gasteiger partial charge in [-0.1, -0.05) is 17.8 Å². The molecule has 1 aromatic carbocycles. The number of aromatic amines is 1. The van der Waals surface area contributed by atoms with Crippen molar-refractivity contribution in [1.82, 2.24) is 15.0 Å². The fourth-order valence-corrected chi connectivity index (χ4v) is 3.44. The van der Waals surface area contributed by atoms with E-state index in [1.807, 2.05) is 37.3 Å². The zero-order valence-electron chi connectivity index (χ0n) is 13.2. The van der Waals surface area contributed by atoms with Crippen molar-refractivity contribution in [1.29, 1.82) is 0 Å². The molecule has 0 saturated carbocycles. The predicted octanol–water partition coefficient (Wildman–Crippen LogP) is 2.78. The number of nitrogens with zero attached hydrogens (tertiary/aromatic N) is 3. The normalized spacial score (nSPS) is 13.6. The summed E-state index contributed by atoms with van der Waals surface area (Å²) < 4.78 is 5.63. The molecule has 0 atom stereocenters. The summed E-state index contributed by atoms with van der Waals surface area (Å²) in [5.74, 6) is 1.12. The smallest absolute Gasteiger partial charge is 0.237 e. The molecule has 24 heavy (non-hydrogen) atoms. The van der Waals surface area contributed by atoms with Gasteiger partial charge in [-0.3, -0.25) is 4.79 Å². The Morgan fingerprint density at radius 3 is 3.21 bits per heavy atom. The Balaban J connectivity index is 1.50. The minimum atomic E-state index is 0.0450. The van der Waals surface area contributed by atoms with Crippen LogP contribution in [0.1, 0.15) is 5.56 Å². The SMILES string of the molecule is Cc1ccc2c(c1)N(C(=O)CSc1nc3ncccc3[nH]1)CCO2. The van der Waals surface area contributed by atoms with Crippen LogP contribution in [0.15, 0.2) is 41.7 Å². The minimum Gasteiger partial charge on any atom is -0.490 e. The van der Waals surface area contributed by atoms with Gasteiger partial charge in [0.25, 0.3) is 0 Å². The van der Waals surface area contributed by atoms with Crippen LogP contribution in [0, 0.1) is 6.92 Å². The number of H-pyrrole nitrogens is 1. The monoisotopic (exact) mass is 340 g/mol. The maximum atomic E-state index is 12.7. The lowest BCUT2D eigenvalue weighted by atomic mass is 10.1. The van der Waals surface area contributed by atoms with Gasteiger partial charge in [0.2, 0.25) is 5.91 Å². The first-order valence-corrected chi connectivity index (χ1v) is 8.66. The number of pyridine rings is 1. The van der Waals surface area contributed by atoms with E-state index in [1.165, 1.54) is 11.8 Å². The van der Waals surface area contributed by atoms with E-state index in [-0.39, 0.29) is 5.91 Å². The lowest BCUT2D eigenvalue weighted by molar-refractivity contribution is -0.116. The van der Waals surface area contributed by atoms with Crippen LogP contribution in [0.25, 0.3) is 11.2 Å². The second kappa shape index (κ2) is 6.16. The molecule has 6 nitrogen and oxygen atoms in total. The first kappa shape index (κ1) is 15.0. The van der Waals surface area contributed by atoms with Crippen LogP contribution < -0.4 is 9.64 Å². The number of hydrogen-bond acceptors (Lipinski definition) is 5. The highest BCUT2D eigenvalue weighted by Gasteiger charge is 2.24. The lowest BCUT2D eigenvalue weighted by Crippen LogP contribution is -2.39. The van der Waals surface area contributed by atoms with Crippen molar-refractivity contribution in [3.8, 4) is 5.75 Å². The number of ether oxygens (including phenoxy) is 1. The number of hydrogen-bond donors (Lipinski definition) is 1. The van der Waals surface area contributed by atoms with E-state index in [9.17, 15) is 4.79 Å². The molecule has 2 aromatic heterocycles. The Morgan fingerprint density at radius 1 is 1.42 bits per heavy atom. The molecular formula is C17H16N4O2S. The average Bonchev–Trinajstić information content (AvgIpc) is 3.02. The molecule has 1 aliphatic heterocycles. The summed E-state index contributed by atoms with van der Waals surface area (Å²) in [7, 11) is 0. The van der Waals surface area contributed by atoms with Gasteiger partial charge in [-0.15, -0.1) is 0 Å². The van der Waals surface area contributed by atoms with E-state index >= 15 is 0 Å². The summed E-state index contributed by atoms with van der Waals surface area (Å²) in [6.45, 7) is 3.09. The maximum Gasteiger partial charge on any atom is 0.237 e. The standard InChI is InChI=1S/C17H16N4O2S/c1-11-4-5-14-13(9-11)21(7-8-23-14)15(22)10-24-17-19-12-3-2-6-18-16(12)20-17/h2-6,9H,7-8,10H2,1H3,(H,18,19,20). The predicted molar refractivity (Wildman–Crippen MR) is 93.6 cm³/mol. The first-order chi connectivity index (χ1) is 11.7. The third kappa shape index (κ3) is 2.82. The summed E-state index contributed by atoms with van der Waals surface area (Å²) in [5.41, 5.74) is 3.49. The number of carbonyl (C=O) groups is 1. The Labute approximate surface area is 143 Å². The molecule has 0 fully saturated rings. The topological polar surface area (TPSA) is 71.1 Å². The van der Waals surface area contributed by atoms with Gasteiger partial charge in [-0.2, -0.15) is 0 Å². The van der Waals surface area contributed by atoms with Gasteiger partial charge in [0.05, 0.1) is 23.5 Å². The molecule has 0 saturated heterocycles. The summed E-state index contributed by atoms with van der Waals surface area (Å²) in [6.07, 6.45) is 1.70. The van der Waals surface area contributed by atoms with Gasteiger partial charge in [0.15, 0.2) is 10.8 Å². The Kier molecular flexibility index (Phi) is 3.86. The Bertz CT molecular complexity index is 875. The molecule has 0 unspecified atom stereocenters. The number of fused-ring (bicyclic) bond motifs is 2. The van der Waals surface area contributed by atoms with Crippen molar-refractivity contribution in [2.75, 3.05) is 23.8 Å². The molecule has 1 aliphatic rings. The van der Waals surface area contributed by atoms with Crippen LogP contribution in [0.5, 0.6) is 5.75 Å². The fraction of sp³-hybridized carbons (Fsp3) is 0.235. The number of benzene rings is 1. The highest BCUT2D eigenvalue weighted by Crippen LogP contribution is 2.33. The maximum absolute atomic E-state index is 12.7. The quantitative estimate of drug-likeness (QED) is 0.742.